The summed E-state index contributed by atoms with van der Waals surface area (Å²) >= 11 is 5.65. The minimum atomic E-state index is 0.487. The molecular weight excluding hydrogens is 156 g/mol. The van der Waals surface area contributed by atoms with E-state index in [2.05, 4.69) is 27.7 Å². The first-order chi connectivity index (χ1) is 4.95. The minimum Gasteiger partial charge on any atom is -0.127 e. The molecule has 0 aromatic rings. The third kappa shape index (κ3) is 8.19. The zero-order chi connectivity index (χ0) is 8.91. The number of rotatable bonds is 4. The van der Waals surface area contributed by atoms with Crippen LogP contribution in [0.5, 0.6) is 0 Å². The zero-order valence-corrected chi connectivity index (χ0v) is 9.04. The molecule has 1 atom stereocenters. The van der Waals surface area contributed by atoms with Gasteiger partial charge in [0, 0.05) is 5.88 Å². The van der Waals surface area contributed by atoms with Gasteiger partial charge in [0.1, 0.15) is 0 Å². The molecule has 0 rings (SSSR count). The molecule has 0 heterocycles. The Hall–Kier alpha value is 0.290. The van der Waals surface area contributed by atoms with E-state index in [4.69, 9.17) is 11.6 Å². The molecule has 0 aliphatic rings. The SMILES string of the molecule is CC(CCCl)CCC(C)(C)C. The predicted molar refractivity (Wildman–Crippen MR) is 53.2 cm³/mol. The fourth-order valence-electron chi connectivity index (χ4n) is 1.01. The summed E-state index contributed by atoms with van der Waals surface area (Å²) in [4.78, 5) is 0. The van der Waals surface area contributed by atoms with Crippen LogP contribution < -0.4 is 0 Å². The summed E-state index contributed by atoms with van der Waals surface area (Å²) < 4.78 is 0. The molecule has 0 aliphatic carbocycles. The van der Waals surface area contributed by atoms with Crippen molar-refractivity contribution < 1.29 is 0 Å². The molecule has 0 saturated heterocycles. The molecule has 68 valence electrons. The topological polar surface area (TPSA) is 0 Å². The normalized spacial score (nSPS) is 15.0. The Balaban J connectivity index is 3.38. The van der Waals surface area contributed by atoms with Crippen LogP contribution in [0.4, 0.5) is 0 Å². The van der Waals surface area contributed by atoms with Gasteiger partial charge in [-0.3, -0.25) is 0 Å². The van der Waals surface area contributed by atoms with E-state index in [1.54, 1.807) is 0 Å². The van der Waals surface area contributed by atoms with Crippen molar-refractivity contribution in [2.45, 2.75) is 47.0 Å². The molecular formula is C10H21Cl. The highest BCUT2D eigenvalue weighted by atomic mass is 35.5. The highest BCUT2D eigenvalue weighted by Crippen LogP contribution is 2.24. The van der Waals surface area contributed by atoms with Gasteiger partial charge in [-0.1, -0.05) is 34.1 Å². The number of hydrogen-bond donors (Lipinski definition) is 0. The maximum absolute atomic E-state index is 5.65. The zero-order valence-electron chi connectivity index (χ0n) is 8.28. The minimum absolute atomic E-state index is 0.487. The van der Waals surface area contributed by atoms with Gasteiger partial charge in [-0.25, -0.2) is 0 Å². The Kier molecular flexibility index (Phi) is 5.16. The average molecular weight is 177 g/mol. The molecule has 0 radical (unpaired) electrons. The molecule has 0 fully saturated rings. The molecule has 0 saturated carbocycles. The number of alkyl halides is 1. The second-order valence-electron chi connectivity index (χ2n) is 4.68. The molecule has 0 amide bonds. The summed E-state index contributed by atoms with van der Waals surface area (Å²) in [5.41, 5.74) is 0.487. The van der Waals surface area contributed by atoms with Gasteiger partial charge in [-0.05, 0) is 24.2 Å². The maximum atomic E-state index is 5.65. The second kappa shape index (κ2) is 5.03. The summed E-state index contributed by atoms with van der Waals surface area (Å²) in [7, 11) is 0. The average Bonchev–Trinajstić information content (AvgIpc) is 1.83. The van der Waals surface area contributed by atoms with E-state index in [9.17, 15) is 0 Å². The monoisotopic (exact) mass is 176 g/mol. The van der Waals surface area contributed by atoms with Gasteiger partial charge in [0.2, 0.25) is 0 Å². The molecule has 0 nitrogen and oxygen atoms in total. The Labute approximate surface area is 76.3 Å². The van der Waals surface area contributed by atoms with E-state index in [1.807, 2.05) is 0 Å². The van der Waals surface area contributed by atoms with Crippen molar-refractivity contribution in [2.24, 2.45) is 11.3 Å². The Morgan fingerprint density at radius 1 is 1.18 bits per heavy atom. The first-order valence-electron chi connectivity index (χ1n) is 4.51. The van der Waals surface area contributed by atoms with Gasteiger partial charge in [-0.2, -0.15) is 0 Å². The molecule has 1 unspecified atom stereocenters. The highest BCUT2D eigenvalue weighted by molar-refractivity contribution is 6.17. The van der Waals surface area contributed by atoms with Crippen molar-refractivity contribution >= 4 is 11.6 Å². The van der Waals surface area contributed by atoms with Crippen molar-refractivity contribution in [3.8, 4) is 0 Å². The summed E-state index contributed by atoms with van der Waals surface area (Å²) in [6, 6.07) is 0. The van der Waals surface area contributed by atoms with E-state index in [-0.39, 0.29) is 0 Å². The van der Waals surface area contributed by atoms with E-state index >= 15 is 0 Å². The predicted octanol–water partition coefficient (Wildman–Crippen LogP) is 4.08. The van der Waals surface area contributed by atoms with Crippen molar-refractivity contribution in [3.63, 3.8) is 0 Å². The third-order valence-electron chi connectivity index (χ3n) is 1.99. The van der Waals surface area contributed by atoms with Crippen molar-refractivity contribution in [1.82, 2.24) is 0 Å². The fraction of sp³-hybridized carbons (Fsp3) is 1.00. The third-order valence-corrected chi connectivity index (χ3v) is 2.21. The van der Waals surface area contributed by atoms with Crippen molar-refractivity contribution in [1.29, 1.82) is 0 Å². The molecule has 0 spiro atoms. The van der Waals surface area contributed by atoms with Crippen LogP contribution in [0.1, 0.15) is 47.0 Å². The molecule has 0 N–H and O–H groups in total. The molecule has 0 aliphatic heterocycles. The lowest BCUT2D eigenvalue weighted by Crippen LogP contribution is -2.07. The smallest absolute Gasteiger partial charge is 0.0225 e. The molecule has 0 aromatic carbocycles. The summed E-state index contributed by atoms with van der Waals surface area (Å²) in [6.45, 7) is 9.16. The maximum Gasteiger partial charge on any atom is 0.0225 e. The van der Waals surface area contributed by atoms with Crippen molar-refractivity contribution in [2.75, 3.05) is 5.88 Å². The van der Waals surface area contributed by atoms with E-state index in [0.717, 1.165) is 18.2 Å². The van der Waals surface area contributed by atoms with Crippen LogP contribution >= 0.6 is 11.6 Å². The lowest BCUT2D eigenvalue weighted by atomic mass is 9.86. The van der Waals surface area contributed by atoms with Crippen LogP contribution in [-0.2, 0) is 0 Å². The van der Waals surface area contributed by atoms with Crippen LogP contribution in [0.2, 0.25) is 0 Å². The van der Waals surface area contributed by atoms with Crippen molar-refractivity contribution in [3.05, 3.63) is 0 Å². The summed E-state index contributed by atoms with van der Waals surface area (Å²) in [5, 5.41) is 0. The van der Waals surface area contributed by atoms with E-state index in [0.29, 0.717) is 5.41 Å². The quantitative estimate of drug-likeness (QED) is 0.567. The standard InChI is InChI=1S/C10H21Cl/c1-9(6-8-11)5-7-10(2,3)4/h9H,5-8H2,1-4H3. The lowest BCUT2D eigenvalue weighted by Gasteiger charge is -2.20. The second-order valence-corrected chi connectivity index (χ2v) is 5.06. The van der Waals surface area contributed by atoms with Crippen LogP contribution in [-0.4, -0.2) is 5.88 Å². The van der Waals surface area contributed by atoms with Crippen LogP contribution in [0.15, 0.2) is 0 Å². The molecule has 0 bridgehead atoms. The summed E-state index contributed by atoms with van der Waals surface area (Å²) in [6.07, 6.45) is 3.79. The fourth-order valence-corrected chi connectivity index (χ4v) is 1.38. The van der Waals surface area contributed by atoms with Gasteiger partial charge in [0.25, 0.3) is 0 Å². The Bertz CT molecular complexity index is 91.5. The molecule has 1 heteroatoms. The number of halogens is 1. The lowest BCUT2D eigenvalue weighted by molar-refractivity contribution is 0.327. The van der Waals surface area contributed by atoms with E-state index in [1.165, 1.54) is 12.8 Å². The Morgan fingerprint density at radius 3 is 2.09 bits per heavy atom. The molecule has 0 aromatic heterocycles. The van der Waals surface area contributed by atoms with Crippen LogP contribution in [0, 0.1) is 11.3 Å². The van der Waals surface area contributed by atoms with Gasteiger partial charge in [-0.15, -0.1) is 11.6 Å². The summed E-state index contributed by atoms with van der Waals surface area (Å²) in [5.74, 6) is 1.61. The van der Waals surface area contributed by atoms with Crippen LogP contribution in [0.3, 0.4) is 0 Å². The first-order valence-corrected chi connectivity index (χ1v) is 5.05. The van der Waals surface area contributed by atoms with Gasteiger partial charge in [0.15, 0.2) is 0 Å². The number of hydrogen-bond acceptors (Lipinski definition) is 0. The largest absolute Gasteiger partial charge is 0.127 e. The van der Waals surface area contributed by atoms with Gasteiger partial charge >= 0.3 is 0 Å². The van der Waals surface area contributed by atoms with E-state index < -0.39 is 0 Å². The van der Waals surface area contributed by atoms with Crippen LogP contribution in [0.25, 0.3) is 0 Å². The molecule has 11 heavy (non-hydrogen) atoms. The first kappa shape index (κ1) is 11.3. The Morgan fingerprint density at radius 2 is 1.73 bits per heavy atom. The highest BCUT2D eigenvalue weighted by Gasteiger charge is 2.11. The van der Waals surface area contributed by atoms with Gasteiger partial charge < -0.3 is 0 Å². The van der Waals surface area contributed by atoms with Gasteiger partial charge in [0.05, 0.1) is 0 Å².